The maximum absolute atomic E-state index is 11.6. The molecule has 0 radical (unpaired) electrons. The van der Waals surface area contributed by atoms with E-state index in [1.165, 1.54) is 12.8 Å². The fourth-order valence-electron chi connectivity index (χ4n) is 2.28. The Hall–Kier alpha value is -0.650. The molecular weight excluding hydrogens is 242 g/mol. The zero-order chi connectivity index (χ0) is 14.3. The van der Waals surface area contributed by atoms with Crippen LogP contribution in [0.3, 0.4) is 0 Å². The van der Waals surface area contributed by atoms with Gasteiger partial charge < -0.3 is 20.6 Å². The Morgan fingerprint density at radius 1 is 1.32 bits per heavy atom. The molecule has 3 N–H and O–H groups in total. The number of amides is 1. The highest BCUT2D eigenvalue weighted by Crippen LogP contribution is 2.07. The Morgan fingerprint density at radius 2 is 1.95 bits per heavy atom. The van der Waals surface area contributed by atoms with Gasteiger partial charge in [-0.1, -0.05) is 0 Å². The van der Waals surface area contributed by atoms with Crippen LogP contribution in [-0.4, -0.2) is 60.3 Å². The third-order valence-corrected chi connectivity index (χ3v) is 3.09. The number of β-amino-alcohol motifs (C(OH)–C–C–N with tert-alkyl or cyclic N) is 1. The summed E-state index contributed by atoms with van der Waals surface area (Å²) in [6.07, 6.45) is 2.59. The van der Waals surface area contributed by atoms with Crippen molar-refractivity contribution in [1.82, 2.24) is 15.5 Å². The molecule has 19 heavy (non-hydrogen) atoms. The zero-order valence-electron chi connectivity index (χ0n) is 12.5. The van der Waals surface area contributed by atoms with E-state index in [2.05, 4.69) is 15.5 Å². The Morgan fingerprint density at radius 3 is 2.53 bits per heavy atom. The van der Waals surface area contributed by atoms with E-state index in [4.69, 9.17) is 0 Å². The molecular formula is C14H29N3O2. The number of carbonyl (C=O) groups is 1. The van der Waals surface area contributed by atoms with Crippen LogP contribution in [0.2, 0.25) is 0 Å². The second kappa shape index (κ2) is 7.82. The van der Waals surface area contributed by atoms with Gasteiger partial charge in [-0.25, -0.2) is 0 Å². The van der Waals surface area contributed by atoms with Crippen LogP contribution in [0.25, 0.3) is 0 Å². The standard InChI is InChI=1S/C14H29N3O2/c1-14(2,3)16-13(19)6-7-15-10-12(18)11-17-8-4-5-9-17/h12,15,18H,4-11H2,1-3H3,(H,16,19). The number of nitrogens with one attached hydrogen (secondary N) is 2. The number of hydrogen-bond acceptors (Lipinski definition) is 4. The van der Waals surface area contributed by atoms with Crippen LogP contribution in [0.1, 0.15) is 40.0 Å². The lowest BCUT2D eigenvalue weighted by atomic mass is 10.1. The Bertz CT molecular complexity index is 270. The highest BCUT2D eigenvalue weighted by molar-refractivity contribution is 5.76. The van der Waals surface area contributed by atoms with Crippen LogP contribution in [0.15, 0.2) is 0 Å². The summed E-state index contributed by atoms with van der Waals surface area (Å²) < 4.78 is 0. The van der Waals surface area contributed by atoms with Gasteiger partial charge >= 0.3 is 0 Å². The summed E-state index contributed by atoms with van der Waals surface area (Å²) in [5, 5.41) is 15.9. The minimum Gasteiger partial charge on any atom is -0.390 e. The van der Waals surface area contributed by atoms with Gasteiger partial charge in [0.15, 0.2) is 0 Å². The van der Waals surface area contributed by atoms with E-state index in [1.807, 2.05) is 20.8 Å². The SMILES string of the molecule is CC(C)(C)NC(=O)CCNCC(O)CN1CCCC1. The first-order valence-electron chi connectivity index (χ1n) is 7.29. The maximum atomic E-state index is 11.6. The van der Waals surface area contributed by atoms with Gasteiger partial charge in [0.05, 0.1) is 6.10 Å². The summed E-state index contributed by atoms with van der Waals surface area (Å²) >= 11 is 0. The minimum absolute atomic E-state index is 0.0500. The number of hydrogen-bond donors (Lipinski definition) is 3. The number of carbonyl (C=O) groups excluding carboxylic acids is 1. The van der Waals surface area contributed by atoms with E-state index in [0.29, 0.717) is 19.5 Å². The molecule has 0 aromatic rings. The van der Waals surface area contributed by atoms with Gasteiger partial charge in [-0.2, -0.15) is 0 Å². The average molecular weight is 271 g/mol. The van der Waals surface area contributed by atoms with Crippen LogP contribution < -0.4 is 10.6 Å². The summed E-state index contributed by atoms with van der Waals surface area (Å²) in [7, 11) is 0. The van der Waals surface area contributed by atoms with Crippen molar-refractivity contribution in [3.8, 4) is 0 Å². The lowest BCUT2D eigenvalue weighted by molar-refractivity contribution is -0.122. The molecule has 1 rings (SSSR count). The van der Waals surface area contributed by atoms with Crippen molar-refractivity contribution in [3.05, 3.63) is 0 Å². The first-order valence-corrected chi connectivity index (χ1v) is 7.29. The third kappa shape index (κ3) is 8.18. The van der Waals surface area contributed by atoms with E-state index in [-0.39, 0.29) is 17.6 Å². The molecule has 5 nitrogen and oxygen atoms in total. The fraction of sp³-hybridized carbons (Fsp3) is 0.929. The van der Waals surface area contributed by atoms with Crippen LogP contribution in [0, 0.1) is 0 Å². The van der Waals surface area contributed by atoms with Crippen molar-refractivity contribution in [1.29, 1.82) is 0 Å². The predicted octanol–water partition coefficient (Wildman–Crippen LogP) is 0.338. The predicted molar refractivity (Wildman–Crippen MR) is 77.1 cm³/mol. The fourth-order valence-corrected chi connectivity index (χ4v) is 2.28. The molecule has 1 aliphatic heterocycles. The van der Waals surface area contributed by atoms with E-state index in [9.17, 15) is 9.90 Å². The molecule has 112 valence electrons. The molecule has 0 aromatic heterocycles. The topological polar surface area (TPSA) is 64.6 Å². The number of likely N-dealkylation sites (tertiary alicyclic amines) is 1. The molecule has 0 aromatic carbocycles. The first-order chi connectivity index (χ1) is 8.87. The largest absolute Gasteiger partial charge is 0.390 e. The molecule has 0 aliphatic carbocycles. The summed E-state index contributed by atoms with van der Waals surface area (Å²) in [5.41, 5.74) is -0.174. The van der Waals surface area contributed by atoms with Crippen molar-refractivity contribution in [2.75, 3.05) is 32.7 Å². The van der Waals surface area contributed by atoms with E-state index < -0.39 is 0 Å². The van der Waals surface area contributed by atoms with Gasteiger partial charge in [0, 0.05) is 31.6 Å². The number of aliphatic hydroxyl groups is 1. The summed E-state index contributed by atoms with van der Waals surface area (Å²) in [5.74, 6) is 0.0500. The third-order valence-electron chi connectivity index (χ3n) is 3.09. The Balaban J connectivity index is 2.01. The van der Waals surface area contributed by atoms with Gasteiger partial charge in [0.25, 0.3) is 0 Å². The molecule has 1 atom stereocenters. The van der Waals surface area contributed by atoms with Gasteiger partial charge in [-0.3, -0.25) is 4.79 Å². The average Bonchev–Trinajstić information content (AvgIpc) is 2.74. The summed E-state index contributed by atoms with van der Waals surface area (Å²) in [6, 6.07) is 0. The zero-order valence-corrected chi connectivity index (χ0v) is 12.5. The monoisotopic (exact) mass is 271 g/mol. The van der Waals surface area contributed by atoms with Crippen LogP contribution in [-0.2, 0) is 4.79 Å². The first kappa shape index (κ1) is 16.4. The summed E-state index contributed by atoms with van der Waals surface area (Å²) in [6.45, 7) is 10.0. The highest BCUT2D eigenvalue weighted by Gasteiger charge is 2.16. The molecule has 5 heteroatoms. The highest BCUT2D eigenvalue weighted by atomic mass is 16.3. The van der Waals surface area contributed by atoms with Gasteiger partial charge in [0.2, 0.25) is 5.91 Å². The van der Waals surface area contributed by atoms with Crippen molar-refractivity contribution in [2.24, 2.45) is 0 Å². The number of aliphatic hydroxyl groups excluding tert-OH is 1. The van der Waals surface area contributed by atoms with Gasteiger partial charge in [-0.15, -0.1) is 0 Å². The Kier molecular flexibility index (Phi) is 6.75. The molecule has 0 spiro atoms. The minimum atomic E-state index is -0.344. The molecule has 1 saturated heterocycles. The maximum Gasteiger partial charge on any atom is 0.221 e. The van der Waals surface area contributed by atoms with Gasteiger partial charge in [-0.05, 0) is 46.7 Å². The van der Waals surface area contributed by atoms with Crippen molar-refractivity contribution < 1.29 is 9.90 Å². The van der Waals surface area contributed by atoms with Crippen molar-refractivity contribution >= 4 is 5.91 Å². The number of nitrogens with zero attached hydrogens (tertiary/aromatic N) is 1. The van der Waals surface area contributed by atoms with E-state index >= 15 is 0 Å². The van der Waals surface area contributed by atoms with Crippen LogP contribution in [0.4, 0.5) is 0 Å². The van der Waals surface area contributed by atoms with Crippen molar-refractivity contribution in [2.45, 2.75) is 51.7 Å². The molecule has 0 bridgehead atoms. The normalized spacial score (nSPS) is 18.5. The molecule has 1 unspecified atom stereocenters. The smallest absolute Gasteiger partial charge is 0.221 e. The quantitative estimate of drug-likeness (QED) is 0.584. The van der Waals surface area contributed by atoms with Crippen LogP contribution >= 0.6 is 0 Å². The van der Waals surface area contributed by atoms with E-state index in [0.717, 1.165) is 19.6 Å². The molecule has 1 aliphatic rings. The van der Waals surface area contributed by atoms with Crippen molar-refractivity contribution in [3.63, 3.8) is 0 Å². The second-order valence-electron chi connectivity index (χ2n) is 6.41. The second-order valence-corrected chi connectivity index (χ2v) is 6.41. The number of rotatable bonds is 7. The molecule has 0 saturated carbocycles. The summed E-state index contributed by atoms with van der Waals surface area (Å²) in [4.78, 5) is 13.9. The van der Waals surface area contributed by atoms with Crippen LogP contribution in [0.5, 0.6) is 0 Å². The van der Waals surface area contributed by atoms with E-state index in [1.54, 1.807) is 0 Å². The molecule has 1 fully saturated rings. The Labute approximate surface area is 116 Å². The lowest BCUT2D eigenvalue weighted by Gasteiger charge is -2.21. The van der Waals surface area contributed by atoms with Gasteiger partial charge in [0.1, 0.15) is 0 Å². The molecule has 1 heterocycles. The lowest BCUT2D eigenvalue weighted by Crippen LogP contribution is -2.42. The molecule has 1 amide bonds.